The molecule has 0 radical (unpaired) electrons. The van der Waals surface area contributed by atoms with Gasteiger partial charge in [0.15, 0.2) is 0 Å². The highest BCUT2D eigenvalue weighted by molar-refractivity contribution is 6.30. The second-order valence-electron chi connectivity index (χ2n) is 5.77. The summed E-state index contributed by atoms with van der Waals surface area (Å²) in [5.74, 6) is -0.346. The van der Waals surface area contributed by atoms with E-state index in [0.29, 0.717) is 0 Å². The number of nitrogens with one attached hydrogen (secondary N) is 1. The van der Waals surface area contributed by atoms with Gasteiger partial charge in [0.1, 0.15) is 5.82 Å². The number of likely N-dealkylation sites (N-methyl/N-ethyl adjacent to an activating group) is 1. The van der Waals surface area contributed by atoms with Crippen molar-refractivity contribution in [1.82, 2.24) is 10.2 Å². The monoisotopic (exact) mass is 298 g/mol. The topological polar surface area (TPSA) is 15.3 Å². The van der Waals surface area contributed by atoms with Gasteiger partial charge in [0.05, 0.1) is 5.02 Å². The average Bonchev–Trinajstić information content (AvgIpc) is 2.95. The lowest BCUT2D eigenvalue weighted by molar-refractivity contribution is 0.243. The van der Waals surface area contributed by atoms with Gasteiger partial charge in [-0.05, 0) is 44.5 Å². The van der Waals surface area contributed by atoms with E-state index in [1.165, 1.54) is 31.7 Å². The maximum absolute atomic E-state index is 13.4. The third-order valence-electron chi connectivity index (χ3n) is 4.31. The van der Waals surface area contributed by atoms with Gasteiger partial charge >= 0.3 is 0 Å². The van der Waals surface area contributed by atoms with Crippen LogP contribution in [-0.2, 0) is 0 Å². The summed E-state index contributed by atoms with van der Waals surface area (Å²) in [5.41, 5.74) is 0.940. The van der Waals surface area contributed by atoms with E-state index in [9.17, 15) is 4.39 Å². The number of hydrogen-bond acceptors (Lipinski definition) is 2. The molecule has 20 heavy (non-hydrogen) atoms. The summed E-state index contributed by atoms with van der Waals surface area (Å²) in [6.45, 7) is 4.00. The van der Waals surface area contributed by atoms with Crippen LogP contribution < -0.4 is 5.32 Å². The molecule has 1 fully saturated rings. The zero-order chi connectivity index (χ0) is 14.5. The van der Waals surface area contributed by atoms with E-state index in [1.807, 2.05) is 6.07 Å². The molecule has 0 spiro atoms. The maximum Gasteiger partial charge on any atom is 0.142 e. The van der Waals surface area contributed by atoms with Crippen molar-refractivity contribution in [2.75, 3.05) is 20.1 Å². The lowest BCUT2D eigenvalue weighted by atomic mass is 10.1. The Kier molecular flexibility index (Phi) is 5.82. The van der Waals surface area contributed by atoms with Crippen molar-refractivity contribution in [1.29, 1.82) is 0 Å². The summed E-state index contributed by atoms with van der Waals surface area (Å²) in [4.78, 5) is 2.44. The molecule has 1 atom stereocenters. The quantitative estimate of drug-likeness (QED) is 0.854. The van der Waals surface area contributed by atoms with Crippen LogP contribution in [0.15, 0.2) is 18.2 Å². The number of halogens is 2. The van der Waals surface area contributed by atoms with Crippen LogP contribution in [-0.4, -0.2) is 31.1 Å². The van der Waals surface area contributed by atoms with E-state index < -0.39 is 0 Å². The summed E-state index contributed by atoms with van der Waals surface area (Å²) in [7, 11) is 2.20. The largest absolute Gasteiger partial charge is 0.309 e. The molecule has 4 heteroatoms. The molecule has 0 saturated heterocycles. The smallest absolute Gasteiger partial charge is 0.142 e. The Balaban J connectivity index is 1.76. The van der Waals surface area contributed by atoms with Gasteiger partial charge in [-0.25, -0.2) is 4.39 Å². The lowest BCUT2D eigenvalue weighted by Crippen LogP contribution is -2.36. The Morgan fingerprint density at radius 3 is 2.75 bits per heavy atom. The predicted octanol–water partition coefficient (Wildman–Crippen LogP) is 4.00. The molecule has 1 N–H and O–H groups in total. The highest BCUT2D eigenvalue weighted by Gasteiger charge is 2.19. The van der Waals surface area contributed by atoms with E-state index in [0.717, 1.165) is 24.7 Å². The second kappa shape index (κ2) is 7.39. The minimum Gasteiger partial charge on any atom is -0.309 e. The Bertz CT molecular complexity index is 432. The van der Waals surface area contributed by atoms with Gasteiger partial charge in [0.2, 0.25) is 0 Å². The fraction of sp³-hybridized carbons (Fsp3) is 0.625. The molecule has 1 aliphatic carbocycles. The van der Waals surface area contributed by atoms with Crippen molar-refractivity contribution in [3.63, 3.8) is 0 Å². The average molecular weight is 299 g/mol. The normalized spacial score (nSPS) is 17.9. The first-order valence-electron chi connectivity index (χ1n) is 7.46. The summed E-state index contributed by atoms with van der Waals surface area (Å²) in [6.07, 6.45) is 5.38. The van der Waals surface area contributed by atoms with E-state index in [2.05, 4.69) is 24.2 Å². The van der Waals surface area contributed by atoms with Crippen molar-refractivity contribution in [2.45, 2.75) is 44.7 Å². The molecule has 1 unspecified atom stereocenters. The van der Waals surface area contributed by atoms with E-state index in [1.54, 1.807) is 6.07 Å². The summed E-state index contributed by atoms with van der Waals surface area (Å²) in [6, 6.07) is 5.90. The molecule has 1 aliphatic rings. The third-order valence-corrected chi connectivity index (χ3v) is 4.61. The van der Waals surface area contributed by atoms with Crippen LogP contribution in [0.25, 0.3) is 0 Å². The molecule has 1 aromatic rings. The molecule has 0 aliphatic heterocycles. The van der Waals surface area contributed by atoms with Gasteiger partial charge in [-0.3, -0.25) is 0 Å². The van der Waals surface area contributed by atoms with E-state index >= 15 is 0 Å². The van der Waals surface area contributed by atoms with Crippen LogP contribution in [0.4, 0.5) is 4.39 Å². The standard InChI is InChI=1S/C16H24ClFN2/c1-12(13-7-8-15(17)16(18)11-13)19-9-10-20(2)14-5-3-4-6-14/h7-8,11-12,14,19H,3-6,9-10H2,1-2H3. The first kappa shape index (κ1) is 15.7. The minimum atomic E-state index is -0.346. The Morgan fingerprint density at radius 1 is 1.40 bits per heavy atom. The maximum atomic E-state index is 13.4. The molecule has 1 saturated carbocycles. The lowest BCUT2D eigenvalue weighted by Gasteiger charge is -2.25. The number of hydrogen-bond donors (Lipinski definition) is 1. The second-order valence-corrected chi connectivity index (χ2v) is 6.18. The van der Waals surface area contributed by atoms with Gasteiger partial charge in [-0.2, -0.15) is 0 Å². The first-order chi connectivity index (χ1) is 9.58. The Morgan fingerprint density at radius 2 is 2.10 bits per heavy atom. The molecule has 1 aromatic carbocycles. The minimum absolute atomic E-state index is 0.138. The van der Waals surface area contributed by atoms with Crippen molar-refractivity contribution >= 4 is 11.6 Å². The Hall–Kier alpha value is -0.640. The fourth-order valence-corrected chi connectivity index (χ4v) is 3.00. The van der Waals surface area contributed by atoms with Crippen LogP contribution in [0.1, 0.15) is 44.2 Å². The molecule has 0 amide bonds. The van der Waals surface area contributed by atoms with E-state index in [4.69, 9.17) is 11.6 Å². The van der Waals surface area contributed by atoms with Crippen molar-refractivity contribution < 1.29 is 4.39 Å². The summed E-state index contributed by atoms with van der Waals surface area (Å²) in [5, 5.41) is 3.63. The molecule has 112 valence electrons. The van der Waals surface area contributed by atoms with Crippen LogP contribution in [0.3, 0.4) is 0 Å². The van der Waals surface area contributed by atoms with Crippen LogP contribution in [0.5, 0.6) is 0 Å². The van der Waals surface area contributed by atoms with Crippen molar-refractivity contribution in [2.24, 2.45) is 0 Å². The van der Waals surface area contributed by atoms with Crippen LogP contribution >= 0.6 is 11.6 Å². The number of rotatable bonds is 6. The van der Waals surface area contributed by atoms with Crippen molar-refractivity contribution in [3.8, 4) is 0 Å². The summed E-state index contributed by atoms with van der Waals surface area (Å²) < 4.78 is 13.4. The zero-order valence-electron chi connectivity index (χ0n) is 12.3. The predicted molar refractivity (Wildman–Crippen MR) is 82.7 cm³/mol. The molecular weight excluding hydrogens is 275 g/mol. The first-order valence-corrected chi connectivity index (χ1v) is 7.84. The molecule has 0 aromatic heterocycles. The molecule has 0 bridgehead atoms. The van der Waals surface area contributed by atoms with Gasteiger partial charge in [0.25, 0.3) is 0 Å². The van der Waals surface area contributed by atoms with Gasteiger partial charge in [-0.15, -0.1) is 0 Å². The molecule has 2 nitrogen and oxygen atoms in total. The SMILES string of the molecule is CC(NCCN(C)C1CCCC1)c1ccc(Cl)c(F)c1. The third kappa shape index (κ3) is 4.18. The molecular formula is C16H24ClFN2. The fourth-order valence-electron chi connectivity index (χ4n) is 2.88. The van der Waals surface area contributed by atoms with Gasteiger partial charge in [0, 0.05) is 25.2 Å². The zero-order valence-corrected chi connectivity index (χ0v) is 13.1. The Labute approximate surface area is 126 Å². The van der Waals surface area contributed by atoms with E-state index in [-0.39, 0.29) is 16.9 Å². The molecule has 0 heterocycles. The van der Waals surface area contributed by atoms with Gasteiger partial charge < -0.3 is 10.2 Å². The highest BCUT2D eigenvalue weighted by Crippen LogP contribution is 2.22. The number of benzene rings is 1. The molecule has 2 rings (SSSR count). The van der Waals surface area contributed by atoms with Crippen molar-refractivity contribution in [3.05, 3.63) is 34.6 Å². The summed E-state index contributed by atoms with van der Waals surface area (Å²) >= 11 is 5.70. The van der Waals surface area contributed by atoms with Gasteiger partial charge in [-0.1, -0.05) is 30.5 Å². The van der Waals surface area contributed by atoms with Crippen LogP contribution in [0, 0.1) is 5.82 Å². The van der Waals surface area contributed by atoms with Crippen LogP contribution in [0.2, 0.25) is 5.02 Å². The number of nitrogens with zero attached hydrogens (tertiary/aromatic N) is 1. The highest BCUT2D eigenvalue weighted by atomic mass is 35.5.